The largest absolute Gasteiger partial charge is 0.147 e. The van der Waals surface area contributed by atoms with Crippen LogP contribution in [0.2, 0.25) is 9.28 Å². The van der Waals surface area contributed by atoms with Gasteiger partial charge in [-0.15, -0.1) is 37.2 Å². The normalized spacial score (nSPS) is 10.4. The molecule has 91 valence electrons. The summed E-state index contributed by atoms with van der Waals surface area (Å²) < 4.78 is 3.00. The number of halogens is 3. The Bertz CT molecular complexity index is 99.5. The molecule has 0 aliphatic carbocycles. The summed E-state index contributed by atoms with van der Waals surface area (Å²) in [5.74, 6) is 0. The van der Waals surface area contributed by atoms with Crippen molar-refractivity contribution in [2.45, 2.75) is 50.8 Å². The third-order valence-electron chi connectivity index (χ3n) is 1.17. The minimum Gasteiger partial charge on any atom is -0.147 e. The van der Waals surface area contributed by atoms with E-state index in [1.165, 1.54) is 9.28 Å². The van der Waals surface area contributed by atoms with Gasteiger partial charge in [0.25, 0.3) is 0 Å². The molecule has 0 atom stereocenters. The van der Waals surface area contributed by atoms with Crippen LogP contribution >= 0.6 is 37.2 Å². The van der Waals surface area contributed by atoms with Crippen molar-refractivity contribution < 1.29 is 19.8 Å². The van der Waals surface area contributed by atoms with Crippen LogP contribution in [0, 0.1) is 10.8 Å². The summed E-state index contributed by atoms with van der Waals surface area (Å²) in [4.78, 5) is 0. The average molecular weight is 345 g/mol. The van der Waals surface area contributed by atoms with Crippen LogP contribution in [-0.4, -0.2) is 0 Å². The maximum Gasteiger partial charge on any atom is -0.147 e. The van der Waals surface area contributed by atoms with Gasteiger partial charge in [0.15, 0.2) is 0 Å². The van der Waals surface area contributed by atoms with E-state index in [0.29, 0.717) is 10.8 Å². The average Bonchev–Trinajstić information content (AvgIpc) is 1.55. The SMILES string of the molecule is CC(C)(C)[CH2][Nb][CH2]C(C)(C)C.Cl.Cl.Cl. The molecule has 0 heterocycles. The minimum atomic E-state index is 0. The van der Waals surface area contributed by atoms with E-state index in [1.807, 2.05) is 0 Å². The molecular weight excluding hydrogens is 319 g/mol. The number of rotatable bonds is 2. The molecule has 0 spiro atoms. The molecule has 0 saturated heterocycles. The summed E-state index contributed by atoms with van der Waals surface area (Å²) in [5, 5.41) is 0. The van der Waals surface area contributed by atoms with Crippen molar-refractivity contribution >= 4 is 37.2 Å². The zero-order chi connectivity index (χ0) is 9.12. The van der Waals surface area contributed by atoms with Crippen LogP contribution < -0.4 is 0 Å². The second kappa shape index (κ2) is 9.81. The third-order valence-corrected chi connectivity index (χ3v) is 6.94. The molecule has 0 nitrogen and oxygen atoms in total. The van der Waals surface area contributed by atoms with E-state index in [1.54, 1.807) is 0 Å². The Morgan fingerprint density at radius 1 is 0.643 bits per heavy atom. The van der Waals surface area contributed by atoms with E-state index in [-0.39, 0.29) is 57.0 Å². The summed E-state index contributed by atoms with van der Waals surface area (Å²) in [5.41, 5.74) is 1.17. The van der Waals surface area contributed by atoms with Crippen molar-refractivity contribution in [3.63, 3.8) is 0 Å². The summed E-state index contributed by atoms with van der Waals surface area (Å²) in [7, 11) is 0. The molecule has 0 N–H and O–H groups in total. The second-order valence-corrected chi connectivity index (χ2v) is 8.32. The van der Waals surface area contributed by atoms with Crippen LogP contribution in [-0.2, 0) is 19.8 Å². The van der Waals surface area contributed by atoms with Gasteiger partial charge in [-0.25, -0.2) is 0 Å². The monoisotopic (exact) mass is 343 g/mol. The van der Waals surface area contributed by atoms with Crippen molar-refractivity contribution in [3.05, 3.63) is 0 Å². The maximum atomic E-state index is 2.35. The predicted octanol–water partition coefficient (Wildman–Crippen LogP) is 5.26. The molecule has 0 aromatic carbocycles. The zero-order valence-electron chi connectivity index (χ0n) is 10.1. The molecule has 4 heteroatoms. The Labute approximate surface area is 118 Å². The summed E-state index contributed by atoms with van der Waals surface area (Å²) in [6.07, 6.45) is 0. The zero-order valence-corrected chi connectivity index (χ0v) is 14.7. The molecule has 0 rings (SSSR count). The van der Waals surface area contributed by atoms with Crippen LogP contribution in [0.4, 0.5) is 0 Å². The first kappa shape index (κ1) is 24.7. The van der Waals surface area contributed by atoms with Crippen LogP contribution in [0.25, 0.3) is 0 Å². The molecular formula is C10H25Cl3Nb. The van der Waals surface area contributed by atoms with Gasteiger partial charge in [-0.3, -0.25) is 0 Å². The van der Waals surface area contributed by atoms with Crippen molar-refractivity contribution in [2.75, 3.05) is 0 Å². The fourth-order valence-electron chi connectivity index (χ4n) is 0.727. The van der Waals surface area contributed by atoms with Crippen LogP contribution in [0.15, 0.2) is 0 Å². The molecule has 0 aromatic rings. The molecule has 0 aliphatic heterocycles. The number of hydrogen-bond acceptors (Lipinski definition) is 0. The smallest absolute Gasteiger partial charge is 0.147 e. The van der Waals surface area contributed by atoms with Crippen molar-refractivity contribution in [3.8, 4) is 0 Å². The molecule has 0 saturated carbocycles. The van der Waals surface area contributed by atoms with Crippen molar-refractivity contribution in [1.29, 1.82) is 0 Å². The van der Waals surface area contributed by atoms with Crippen molar-refractivity contribution in [2.24, 2.45) is 10.8 Å². The Hall–Kier alpha value is 1.61. The number of hydrogen-bond donors (Lipinski definition) is 0. The van der Waals surface area contributed by atoms with E-state index in [4.69, 9.17) is 0 Å². The molecule has 0 radical (unpaired) electrons. The molecule has 0 fully saturated rings. The minimum absolute atomic E-state index is 0. The molecule has 0 bridgehead atoms. The molecule has 0 amide bonds. The topological polar surface area (TPSA) is 0 Å². The standard InChI is InChI=1S/2C5H11.3ClH.Nb/c2*1-5(2,3)4;;;;/h2*1H2,2-4H3;3*1H;. The van der Waals surface area contributed by atoms with Gasteiger partial charge >= 0.3 is 81.4 Å². The van der Waals surface area contributed by atoms with Crippen LogP contribution in [0.3, 0.4) is 0 Å². The third kappa shape index (κ3) is 23.4. The quantitative estimate of drug-likeness (QED) is 0.599. The van der Waals surface area contributed by atoms with Gasteiger partial charge < -0.3 is 0 Å². The summed E-state index contributed by atoms with van der Waals surface area (Å²) in [6, 6.07) is 0. The summed E-state index contributed by atoms with van der Waals surface area (Å²) in [6.45, 7) is 14.1. The van der Waals surface area contributed by atoms with Gasteiger partial charge in [0, 0.05) is 0 Å². The first-order chi connectivity index (χ1) is 4.71. The summed E-state index contributed by atoms with van der Waals surface area (Å²) >= 11 is 0.110. The van der Waals surface area contributed by atoms with Crippen LogP contribution in [0.5, 0.6) is 0 Å². The fourth-order valence-corrected chi connectivity index (χ4v) is 4.30. The van der Waals surface area contributed by atoms with E-state index < -0.39 is 0 Å². The molecule has 0 aromatic heterocycles. The van der Waals surface area contributed by atoms with Crippen molar-refractivity contribution in [1.82, 2.24) is 0 Å². The van der Waals surface area contributed by atoms with Gasteiger partial charge in [-0.1, -0.05) is 0 Å². The molecule has 0 aliphatic rings. The van der Waals surface area contributed by atoms with Crippen LogP contribution in [0.1, 0.15) is 41.5 Å². The first-order valence-corrected chi connectivity index (χ1v) is 7.45. The molecule has 14 heavy (non-hydrogen) atoms. The maximum absolute atomic E-state index is 2.35. The predicted molar refractivity (Wildman–Crippen MR) is 70.3 cm³/mol. The second-order valence-electron chi connectivity index (χ2n) is 5.66. The van der Waals surface area contributed by atoms with E-state index in [2.05, 4.69) is 41.5 Å². The molecule has 0 unspecified atom stereocenters. The Kier molecular flexibility index (Phi) is 17.3. The van der Waals surface area contributed by atoms with Gasteiger partial charge in [0.1, 0.15) is 0 Å². The van der Waals surface area contributed by atoms with Gasteiger partial charge in [0.05, 0.1) is 0 Å². The van der Waals surface area contributed by atoms with E-state index in [9.17, 15) is 0 Å². The Balaban J connectivity index is -0.000000167. The Morgan fingerprint density at radius 2 is 0.857 bits per heavy atom. The van der Waals surface area contributed by atoms with Gasteiger partial charge in [-0.05, 0) is 0 Å². The van der Waals surface area contributed by atoms with Gasteiger partial charge in [-0.2, -0.15) is 0 Å². The van der Waals surface area contributed by atoms with E-state index >= 15 is 0 Å². The Morgan fingerprint density at radius 3 is 1.00 bits per heavy atom. The first-order valence-electron chi connectivity index (χ1n) is 4.34. The fraction of sp³-hybridized carbons (Fsp3) is 1.00. The van der Waals surface area contributed by atoms with Gasteiger partial charge in [0.2, 0.25) is 0 Å². The van der Waals surface area contributed by atoms with E-state index in [0.717, 1.165) is 0 Å².